The standard InChI is InChI=1S/C13H18N2O5S/c1-8(2)11(13(17)18)15-12(16)10-5-3-9(4-6-10)7-21(14,19)20/h3-6,8,11H,7H2,1-2H3,(H,15,16)(H,17,18)(H2,14,19,20)/t11-/m0/s1. The number of carboxylic acid groups (broad SMARTS) is 1. The van der Waals surface area contributed by atoms with Crippen molar-refractivity contribution in [2.45, 2.75) is 25.6 Å². The molecule has 21 heavy (non-hydrogen) atoms. The number of hydrogen-bond donors (Lipinski definition) is 3. The Labute approximate surface area is 123 Å². The Kier molecular flexibility index (Phi) is 5.45. The van der Waals surface area contributed by atoms with Crippen molar-refractivity contribution >= 4 is 21.9 Å². The lowest BCUT2D eigenvalue weighted by molar-refractivity contribution is -0.140. The molecule has 1 rings (SSSR count). The number of aliphatic carboxylic acids is 1. The predicted octanol–water partition coefficient (Wildman–Crippen LogP) is 0.314. The van der Waals surface area contributed by atoms with E-state index in [0.29, 0.717) is 5.56 Å². The highest BCUT2D eigenvalue weighted by Crippen LogP contribution is 2.09. The van der Waals surface area contributed by atoms with Crippen LogP contribution in [0.4, 0.5) is 0 Å². The number of nitrogens with two attached hydrogens (primary N) is 1. The average Bonchev–Trinajstić information content (AvgIpc) is 2.33. The van der Waals surface area contributed by atoms with Gasteiger partial charge in [-0.3, -0.25) is 4.79 Å². The SMILES string of the molecule is CC(C)[C@H](NC(=O)c1ccc(CS(N)(=O)=O)cc1)C(=O)O. The van der Waals surface area contributed by atoms with Crippen LogP contribution in [-0.4, -0.2) is 31.4 Å². The van der Waals surface area contributed by atoms with Gasteiger partial charge in [-0.25, -0.2) is 18.4 Å². The first-order chi connectivity index (χ1) is 9.60. The molecule has 0 spiro atoms. The number of amides is 1. The van der Waals surface area contributed by atoms with Crippen molar-refractivity contribution in [2.75, 3.05) is 0 Å². The first kappa shape index (κ1) is 17.1. The average molecular weight is 314 g/mol. The van der Waals surface area contributed by atoms with Gasteiger partial charge in [0.25, 0.3) is 5.91 Å². The van der Waals surface area contributed by atoms with Crippen LogP contribution in [0.2, 0.25) is 0 Å². The lowest BCUT2D eigenvalue weighted by Crippen LogP contribution is -2.44. The fraction of sp³-hybridized carbons (Fsp3) is 0.385. The van der Waals surface area contributed by atoms with Gasteiger partial charge in [-0.2, -0.15) is 0 Å². The second kappa shape index (κ2) is 6.68. The predicted molar refractivity (Wildman–Crippen MR) is 77.0 cm³/mol. The smallest absolute Gasteiger partial charge is 0.326 e. The molecule has 1 aromatic rings. The largest absolute Gasteiger partial charge is 0.480 e. The summed E-state index contributed by atoms with van der Waals surface area (Å²) in [4.78, 5) is 23.0. The van der Waals surface area contributed by atoms with Crippen molar-refractivity contribution in [3.8, 4) is 0 Å². The summed E-state index contributed by atoms with van der Waals surface area (Å²) in [6.07, 6.45) is 0. The molecular weight excluding hydrogens is 296 g/mol. The van der Waals surface area contributed by atoms with E-state index in [1.54, 1.807) is 13.8 Å². The van der Waals surface area contributed by atoms with Gasteiger partial charge in [0.1, 0.15) is 6.04 Å². The Morgan fingerprint density at radius 3 is 2.14 bits per heavy atom. The monoisotopic (exact) mass is 314 g/mol. The molecule has 0 unspecified atom stereocenters. The summed E-state index contributed by atoms with van der Waals surface area (Å²) in [6, 6.07) is 4.79. The molecule has 7 nitrogen and oxygen atoms in total. The summed E-state index contributed by atoms with van der Waals surface area (Å²) < 4.78 is 21.9. The zero-order valence-corrected chi connectivity index (χ0v) is 12.6. The Balaban J connectivity index is 2.82. The van der Waals surface area contributed by atoms with Gasteiger partial charge < -0.3 is 10.4 Å². The number of primary sulfonamides is 1. The molecule has 0 bridgehead atoms. The first-order valence-electron chi connectivity index (χ1n) is 6.23. The van der Waals surface area contributed by atoms with Crippen LogP contribution in [0.25, 0.3) is 0 Å². The molecule has 0 aliphatic rings. The van der Waals surface area contributed by atoms with E-state index in [-0.39, 0.29) is 17.2 Å². The first-order valence-corrected chi connectivity index (χ1v) is 7.95. The zero-order chi connectivity index (χ0) is 16.2. The molecular formula is C13H18N2O5S. The molecule has 0 saturated carbocycles. The molecule has 0 saturated heterocycles. The summed E-state index contributed by atoms with van der Waals surface area (Å²) in [5.74, 6) is -2.21. The highest BCUT2D eigenvalue weighted by atomic mass is 32.2. The summed E-state index contributed by atoms with van der Waals surface area (Å²) in [7, 11) is -3.63. The van der Waals surface area contributed by atoms with Crippen LogP contribution in [0.3, 0.4) is 0 Å². The molecule has 0 aliphatic heterocycles. The van der Waals surface area contributed by atoms with Gasteiger partial charge in [-0.15, -0.1) is 0 Å². The lowest BCUT2D eigenvalue weighted by Gasteiger charge is -2.17. The number of carbonyl (C=O) groups is 2. The number of rotatable bonds is 6. The van der Waals surface area contributed by atoms with Gasteiger partial charge in [0.05, 0.1) is 5.75 Å². The Morgan fingerprint density at radius 1 is 1.24 bits per heavy atom. The third-order valence-electron chi connectivity index (χ3n) is 2.80. The van der Waals surface area contributed by atoms with Crippen molar-refractivity contribution in [2.24, 2.45) is 11.1 Å². The minimum absolute atomic E-state index is 0.250. The van der Waals surface area contributed by atoms with Crippen LogP contribution in [0.15, 0.2) is 24.3 Å². The maximum absolute atomic E-state index is 11.9. The van der Waals surface area contributed by atoms with Crippen LogP contribution < -0.4 is 10.5 Å². The van der Waals surface area contributed by atoms with E-state index >= 15 is 0 Å². The lowest BCUT2D eigenvalue weighted by atomic mass is 10.0. The van der Waals surface area contributed by atoms with Gasteiger partial charge in [0.2, 0.25) is 10.0 Å². The molecule has 1 aromatic carbocycles. The molecule has 1 atom stereocenters. The summed E-state index contributed by atoms with van der Waals surface area (Å²) in [5.41, 5.74) is 0.702. The van der Waals surface area contributed by atoms with E-state index in [0.717, 1.165) is 0 Å². The normalized spacial score (nSPS) is 13.0. The minimum atomic E-state index is -3.63. The van der Waals surface area contributed by atoms with Crippen molar-refractivity contribution in [3.63, 3.8) is 0 Å². The van der Waals surface area contributed by atoms with Crippen molar-refractivity contribution < 1.29 is 23.1 Å². The van der Waals surface area contributed by atoms with Crippen LogP contribution in [0.1, 0.15) is 29.8 Å². The summed E-state index contributed by atoms with van der Waals surface area (Å²) in [6.45, 7) is 3.38. The van der Waals surface area contributed by atoms with Crippen LogP contribution in [-0.2, 0) is 20.6 Å². The number of hydrogen-bond acceptors (Lipinski definition) is 4. The van der Waals surface area contributed by atoms with Crippen LogP contribution in [0.5, 0.6) is 0 Å². The molecule has 4 N–H and O–H groups in total. The van der Waals surface area contributed by atoms with Gasteiger partial charge in [-0.05, 0) is 23.6 Å². The van der Waals surface area contributed by atoms with Gasteiger partial charge >= 0.3 is 5.97 Å². The van der Waals surface area contributed by atoms with E-state index < -0.39 is 27.9 Å². The second-order valence-electron chi connectivity index (χ2n) is 5.04. The van der Waals surface area contributed by atoms with Crippen molar-refractivity contribution in [1.82, 2.24) is 5.32 Å². The van der Waals surface area contributed by atoms with Gasteiger partial charge in [0, 0.05) is 5.56 Å². The van der Waals surface area contributed by atoms with Crippen molar-refractivity contribution in [1.29, 1.82) is 0 Å². The van der Waals surface area contributed by atoms with Gasteiger partial charge in [0.15, 0.2) is 0 Å². The van der Waals surface area contributed by atoms with E-state index in [1.807, 2.05) is 0 Å². The number of carboxylic acids is 1. The maximum Gasteiger partial charge on any atom is 0.326 e. The second-order valence-corrected chi connectivity index (χ2v) is 6.65. The quantitative estimate of drug-likeness (QED) is 0.696. The molecule has 116 valence electrons. The highest BCUT2D eigenvalue weighted by Gasteiger charge is 2.23. The van der Waals surface area contributed by atoms with E-state index in [9.17, 15) is 18.0 Å². The van der Waals surface area contributed by atoms with Gasteiger partial charge in [-0.1, -0.05) is 26.0 Å². The van der Waals surface area contributed by atoms with Crippen LogP contribution >= 0.6 is 0 Å². The molecule has 0 heterocycles. The third-order valence-corrected chi connectivity index (χ3v) is 3.54. The fourth-order valence-corrected chi connectivity index (χ4v) is 2.38. The molecule has 8 heteroatoms. The maximum atomic E-state index is 11.9. The molecule has 0 radical (unpaired) electrons. The Bertz CT molecular complexity index is 622. The zero-order valence-electron chi connectivity index (χ0n) is 11.7. The Morgan fingerprint density at radius 2 is 1.76 bits per heavy atom. The number of sulfonamides is 1. The number of benzene rings is 1. The van der Waals surface area contributed by atoms with E-state index in [2.05, 4.69) is 5.32 Å². The Hall–Kier alpha value is -1.93. The number of nitrogens with one attached hydrogen (secondary N) is 1. The third kappa shape index (κ3) is 5.52. The van der Waals surface area contributed by atoms with Crippen LogP contribution in [0, 0.1) is 5.92 Å². The minimum Gasteiger partial charge on any atom is -0.480 e. The molecule has 0 fully saturated rings. The summed E-state index contributed by atoms with van der Waals surface area (Å²) >= 11 is 0. The summed E-state index contributed by atoms with van der Waals surface area (Å²) in [5, 5.41) is 16.4. The van der Waals surface area contributed by atoms with Crippen molar-refractivity contribution in [3.05, 3.63) is 35.4 Å². The molecule has 0 aromatic heterocycles. The highest BCUT2D eigenvalue weighted by molar-refractivity contribution is 7.88. The van der Waals surface area contributed by atoms with E-state index in [4.69, 9.17) is 10.2 Å². The molecule has 1 amide bonds. The van der Waals surface area contributed by atoms with E-state index in [1.165, 1.54) is 24.3 Å². The fourth-order valence-electron chi connectivity index (χ4n) is 1.72. The molecule has 0 aliphatic carbocycles. The topological polar surface area (TPSA) is 127 Å². The number of carbonyl (C=O) groups excluding carboxylic acids is 1.